The molecular weight excluding hydrogens is 276 g/mol. The first kappa shape index (κ1) is 14.3. The monoisotopic (exact) mass is 292 g/mol. The van der Waals surface area contributed by atoms with E-state index in [2.05, 4.69) is 20.0 Å². The highest BCUT2D eigenvalue weighted by Gasteiger charge is 2.13. The van der Waals surface area contributed by atoms with Crippen LogP contribution in [0.1, 0.15) is 21.1 Å². The Balaban J connectivity index is 2.01. The molecule has 0 amide bonds. The number of thiazole rings is 1. The standard InChI is InChI=1S/C13H16N4O2S/c1-8-7-20-10(17-8)4-6-16-12-11(14)9(3-5-15-12)13(18)19-2/h3,5,7H,4,6,14H2,1-2H3,(H,15,16). The first-order valence-electron chi connectivity index (χ1n) is 6.09. The molecule has 0 unspecified atom stereocenters. The van der Waals surface area contributed by atoms with Crippen molar-refractivity contribution in [2.75, 3.05) is 24.7 Å². The van der Waals surface area contributed by atoms with Gasteiger partial charge >= 0.3 is 5.97 Å². The van der Waals surface area contributed by atoms with Crippen LogP contribution < -0.4 is 11.1 Å². The number of carbonyl (C=O) groups is 1. The number of ether oxygens (including phenoxy) is 1. The molecule has 0 saturated heterocycles. The van der Waals surface area contributed by atoms with Crippen LogP contribution in [0, 0.1) is 6.92 Å². The van der Waals surface area contributed by atoms with E-state index in [1.807, 2.05) is 12.3 Å². The van der Waals surface area contributed by atoms with Crippen LogP contribution in [0.15, 0.2) is 17.6 Å². The van der Waals surface area contributed by atoms with E-state index >= 15 is 0 Å². The minimum absolute atomic E-state index is 0.301. The molecule has 0 aliphatic rings. The number of esters is 1. The molecule has 0 aliphatic carbocycles. The van der Waals surface area contributed by atoms with Crippen LogP contribution in [0.25, 0.3) is 0 Å². The second-order valence-electron chi connectivity index (χ2n) is 4.17. The topological polar surface area (TPSA) is 90.1 Å². The molecule has 0 radical (unpaired) electrons. The van der Waals surface area contributed by atoms with Gasteiger partial charge in [0.2, 0.25) is 0 Å². The molecule has 6 nitrogen and oxygen atoms in total. The van der Waals surface area contributed by atoms with E-state index in [0.717, 1.165) is 17.1 Å². The number of hydrogen-bond acceptors (Lipinski definition) is 7. The second-order valence-corrected chi connectivity index (χ2v) is 5.11. The van der Waals surface area contributed by atoms with Crippen LogP contribution in [-0.4, -0.2) is 29.6 Å². The lowest BCUT2D eigenvalue weighted by Crippen LogP contribution is -2.12. The summed E-state index contributed by atoms with van der Waals surface area (Å²) in [6.45, 7) is 2.61. The van der Waals surface area contributed by atoms with Gasteiger partial charge in [-0.2, -0.15) is 0 Å². The highest BCUT2D eigenvalue weighted by Crippen LogP contribution is 2.20. The van der Waals surface area contributed by atoms with Crippen LogP contribution in [0.5, 0.6) is 0 Å². The zero-order valence-corrected chi connectivity index (χ0v) is 12.2. The maximum absolute atomic E-state index is 11.5. The summed E-state index contributed by atoms with van der Waals surface area (Å²) in [5.74, 6) is 0.0182. The molecule has 2 aromatic heterocycles. The van der Waals surface area contributed by atoms with Gasteiger partial charge in [0.1, 0.15) is 5.82 Å². The molecule has 2 aromatic rings. The number of anilines is 2. The average Bonchev–Trinajstić information content (AvgIpc) is 2.85. The Kier molecular flexibility index (Phi) is 4.52. The summed E-state index contributed by atoms with van der Waals surface area (Å²) in [4.78, 5) is 20.0. The quantitative estimate of drug-likeness (QED) is 0.818. The summed E-state index contributed by atoms with van der Waals surface area (Å²) in [5, 5.41) is 6.18. The summed E-state index contributed by atoms with van der Waals surface area (Å²) in [5.41, 5.74) is 7.54. The van der Waals surface area contributed by atoms with Crippen LogP contribution in [0.4, 0.5) is 11.5 Å². The molecule has 2 rings (SSSR count). The van der Waals surface area contributed by atoms with Crippen LogP contribution in [0.3, 0.4) is 0 Å². The normalized spacial score (nSPS) is 10.3. The lowest BCUT2D eigenvalue weighted by atomic mass is 10.2. The van der Waals surface area contributed by atoms with Crippen molar-refractivity contribution in [2.45, 2.75) is 13.3 Å². The third-order valence-corrected chi connectivity index (χ3v) is 3.72. The van der Waals surface area contributed by atoms with Gasteiger partial charge in [0.25, 0.3) is 0 Å². The first-order valence-corrected chi connectivity index (χ1v) is 6.97. The highest BCUT2D eigenvalue weighted by molar-refractivity contribution is 7.09. The van der Waals surface area contributed by atoms with E-state index in [9.17, 15) is 4.79 Å². The highest BCUT2D eigenvalue weighted by atomic mass is 32.1. The largest absolute Gasteiger partial charge is 0.465 e. The van der Waals surface area contributed by atoms with Crippen LogP contribution >= 0.6 is 11.3 Å². The number of nitrogen functional groups attached to an aromatic ring is 1. The third-order valence-electron chi connectivity index (χ3n) is 2.69. The van der Waals surface area contributed by atoms with Crippen molar-refractivity contribution >= 4 is 28.8 Å². The van der Waals surface area contributed by atoms with Crippen molar-refractivity contribution in [1.82, 2.24) is 9.97 Å². The van der Waals surface area contributed by atoms with Crippen LogP contribution in [-0.2, 0) is 11.2 Å². The molecule has 0 fully saturated rings. The Labute approximate surface area is 121 Å². The fourth-order valence-corrected chi connectivity index (χ4v) is 2.48. The molecule has 7 heteroatoms. The van der Waals surface area contributed by atoms with Crippen molar-refractivity contribution in [1.29, 1.82) is 0 Å². The van der Waals surface area contributed by atoms with Gasteiger partial charge in [-0.25, -0.2) is 14.8 Å². The second kappa shape index (κ2) is 6.33. The zero-order chi connectivity index (χ0) is 14.5. The van der Waals surface area contributed by atoms with Crippen molar-refractivity contribution in [2.24, 2.45) is 0 Å². The Morgan fingerprint density at radius 3 is 3.00 bits per heavy atom. The molecule has 2 heterocycles. The number of rotatable bonds is 5. The maximum atomic E-state index is 11.5. The summed E-state index contributed by atoms with van der Waals surface area (Å²) in [6.07, 6.45) is 2.31. The smallest absolute Gasteiger partial charge is 0.340 e. The number of aromatic nitrogens is 2. The first-order chi connectivity index (χ1) is 9.61. The van der Waals surface area contributed by atoms with E-state index in [1.165, 1.54) is 19.4 Å². The average molecular weight is 292 g/mol. The maximum Gasteiger partial charge on any atom is 0.340 e. The molecule has 0 atom stereocenters. The number of nitrogens with one attached hydrogen (secondary N) is 1. The zero-order valence-electron chi connectivity index (χ0n) is 11.3. The molecule has 0 saturated carbocycles. The number of pyridine rings is 1. The van der Waals surface area contributed by atoms with Gasteiger partial charge < -0.3 is 15.8 Å². The van der Waals surface area contributed by atoms with Gasteiger partial charge in [-0.15, -0.1) is 11.3 Å². The molecular formula is C13H16N4O2S. The predicted octanol–water partition coefficient (Wildman–Crippen LogP) is 1.87. The molecule has 3 N–H and O–H groups in total. The molecule has 0 aromatic carbocycles. The molecule has 0 bridgehead atoms. The Morgan fingerprint density at radius 2 is 2.35 bits per heavy atom. The van der Waals surface area contributed by atoms with E-state index in [0.29, 0.717) is 23.6 Å². The van der Waals surface area contributed by atoms with Gasteiger partial charge in [0, 0.05) is 30.2 Å². The van der Waals surface area contributed by atoms with Crippen LogP contribution in [0.2, 0.25) is 0 Å². The van der Waals surface area contributed by atoms with Gasteiger partial charge in [-0.1, -0.05) is 0 Å². The van der Waals surface area contributed by atoms with Crippen molar-refractivity contribution in [3.05, 3.63) is 33.9 Å². The van der Waals surface area contributed by atoms with Gasteiger partial charge in [-0.3, -0.25) is 0 Å². The summed E-state index contributed by atoms with van der Waals surface area (Å²) < 4.78 is 4.67. The molecule has 106 valence electrons. The number of aryl methyl sites for hydroxylation is 1. The van der Waals surface area contributed by atoms with Gasteiger partial charge in [0.05, 0.1) is 23.4 Å². The lowest BCUT2D eigenvalue weighted by Gasteiger charge is -2.10. The van der Waals surface area contributed by atoms with Crippen molar-refractivity contribution in [3.8, 4) is 0 Å². The SMILES string of the molecule is COC(=O)c1ccnc(NCCc2nc(C)cs2)c1N. The third kappa shape index (κ3) is 3.24. The van der Waals surface area contributed by atoms with Gasteiger partial charge in [0.15, 0.2) is 0 Å². The lowest BCUT2D eigenvalue weighted by molar-refractivity contribution is 0.0602. The fraction of sp³-hybridized carbons (Fsp3) is 0.308. The van der Waals surface area contributed by atoms with E-state index in [-0.39, 0.29) is 0 Å². The minimum Gasteiger partial charge on any atom is -0.465 e. The Hall–Kier alpha value is -2.15. The number of methoxy groups -OCH3 is 1. The number of nitrogens with zero attached hydrogens (tertiary/aromatic N) is 2. The number of nitrogens with two attached hydrogens (primary N) is 1. The van der Waals surface area contributed by atoms with Crippen molar-refractivity contribution in [3.63, 3.8) is 0 Å². The van der Waals surface area contributed by atoms with Gasteiger partial charge in [-0.05, 0) is 13.0 Å². The minimum atomic E-state index is -0.469. The number of hydrogen-bond donors (Lipinski definition) is 2. The van der Waals surface area contributed by atoms with E-state index in [1.54, 1.807) is 11.3 Å². The fourth-order valence-electron chi connectivity index (χ4n) is 1.71. The van der Waals surface area contributed by atoms with E-state index < -0.39 is 5.97 Å². The van der Waals surface area contributed by atoms with E-state index in [4.69, 9.17) is 5.73 Å². The Morgan fingerprint density at radius 1 is 1.55 bits per heavy atom. The number of carbonyl (C=O) groups excluding carboxylic acids is 1. The molecule has 0 aliphatic heterocycles. The summed E-state index contributed by atoms with van der Waals surface area (Å²) in [7, 11) is 1.32. The van der Waals surface area contributed by atoms with Crippen molar-refractivity contribution < 1.29 is 9.53 Å². The molecule has 0 spiro atoms. The predicted molar refractivity (Wildman–Crippen MR) is 79.0 cm³/mol. The summed E-state index contributed by atoms with van der Waals surface area (Å²) in [6, 6.07) is 1.54. The molecule has 20 heavy (non-hydrogen) atoms. The summed E-state index contributed by atoms with van der Waals surface area (Å²) >= 11 is 1.62. The Bertz CT molecular complexity index is 612.